The number of hydrogen-bond acceptors (Lipinski definition) is 7. The largest absolute Gasteiger partial charge is 0.508 e. The molecule has 0 fully saturated rings. The average molecular weight is 416 g/mol. The molecule has 0 saturated carbocycles. The summed E-state index contributed by atoms with van der Waals surface area (Å²) in [4.78, 5) is 33.4. The number of anilines is 2. The van der Waals surface area contributed by atoms with Gasteiger partial charge in [0.15, 0.2) is 0 Å². The molecule has 0 saturated heterocycles. The van der Waals surface area contributed by atoms with E-state index in [0.717, 1.165) is 0 Å². The van der Waals surface area contributed by atoms with Crippen LogP contribution in [0.4, 0.5) is 16.2 Å². The van der Waals surface area contributed by atoms with E-state index in [1.165, 1.54) is 13.8 Å². The summed E-state index contributed by atoms with van der Waals surface area (Å²) >= 11 is 0. The number of nitrogens with one attached hydrogen (secondary N) is 2. The summed E-state index contributed by atoms with van der Waals surface area (Å²) in [6.45, 7) is 3.23. The second kappa shape index (κ2) is 11.9. The molecule has 0 heterocycles. The number of amides is 2. The van der Waals surface area contributed by atoms with Gasteiger partial charge in [-0.3, -0.25) is 9.59 Å². The van der Waals surface area contributed by atoms with Crippen molar-refractivity contribution in [2.45, 2.75) is 13.8 Å². The van der Waals surface area contributed by atoms with Gasteiger partial charge in [-0.15, -0.1) is 0 Å². The predicted octanol–water partition coefficient (Wildman–Crippen LogP) is 3.21. The van der Waals surface area contributed by atoms with Crippen LogP contribution in [0.1, 0.15) is 13.8 Å². The second-order valence-corrected chi connectivity index (χ2v) is 6.05. The van der Waals surface area contributed by atoms with Crippen molar-refractivity contribution in [2.24, 2.45) is 0 Å². The van der Waals surface area contributed by atoms with E-state index in [1.807, 2.05) is 0 Å². The molecule has 0 bridgehead atoms. The summed E-state index contributed by atoms with van der Waals surface area (Å²) in [6.07, 6.45) is -0.816. The van der Waals surface area contributed by atoms with E-state index in [2.05, 4.69) is 10.6 Å². The molecule has 0 aliphatic rings. The third-order valence-corrected chi connectivity index (χ3v) is 3.49. The van der Waals surface area contributed by atoms with Crippen molar-refractivity contribution in [1.29, 1.82) is 0 Å². The normalized spacial score (nSPS) is 9.93. The van der Waals surface area contributed by atoms with Gasteiger partial charge in [0.25, 0.3) is 0 Å². The van der Waals surface area contributed by atoms with Crippen LogP contribution in [0.2, 0.25) is 0 Å². The quantitative estimate of drug-likeness (QED) is 0.452. The van der Waals surface area contributed by atoms with E-state index >= 15 is 0 Å². The lowest BCUT2D eigenvalue weighted by molar-refractivity contribution is -0.115. The Kier molecular flexibility index (Phi) is 8.98. The van der Waals surface area contributed by atoms with Crippen LogP contribution in [-0.4, -0.2) is 44.4 Å². The van der Waals surface area contributed by atoms with Crippen LogP contribution < -0.4 is 20.1 Å². The lowest BCUT2D eigenvalue weighted by Crippen LogP contribution is -2.16. The molecule has 0 aromatic heterocycles. The van der Waals surface area contributed by atoms with E-state index in [0.29, 0.717) is 22.9 Å². The highest BCUT2D eigenvalue weighted by Gasteiger charge is 2.05. The fourth-order valence-corrected chi connectivity index (χ4v) is 2.29. The van der Waals surface area contributed by atoms with Crippen LogP contribution >= 0.6 is 0 Å². The third kappa shape index (κ3) is 8.96. The Bertz CT molecular complexity index is 766. The van der Waals surface area contributed by atoms with Gasteiger partial charge in [-0.2, -0.15) is 0 Å². The molecule has 30 heavy (non-hydrogen) atoms. The van der Waals surface area contributed by atoms with Crippen molar-refractivity contribution < 1.29 is 33.3 Å². The smallest absolute Gasteiger partial charge is 0.490 e. The Morgan fingerprint density at radius 3 is 1.33 bits per heavy atom. The van der Waals surface area contributed by atoms with Gasteiger partial charge < -0.3 is 29.6 Å². The van der Waals surface area contributed by atoms with Crippen LogP contribution in [0.5, 0.6) is 11.5 Å². The number of ether oxygens (including phenoxy) is 4. The van der Waals surface area contributed by atoms with Gasteiger partial charge in [-0.25, -0.2) is 4.79 Å². The Morgan fingerprint density at radius 1 is 0.633 bits per heavy atom. The highest BCUT2D eigenvalue weighted by atomic mass is 16.7. The zero-order valence-corrected chi connectivity index (χ0v) is 16.8. The second-order valence-electron chi connectivity index (χ2n) is 6.05. The predicted molar refractivity (Wildman–Crippen MR) is 110 cm³/mol. The maximum absolute atomic E-state index is 11.5. The fourth-order valence-electron chi connectivity index (χ4n) is 2.29. The highest BCUT2D eigenvalue weighted by molar-refractivity contribution is 5.89. The van der Waals surface area contributed by atoms with Crippen molar-refractivity contribution in [3.05, 3.63) is 48.5 Å². The zero-order valence-electron chi connectivity index (χ0n) is 16.8. The summed E-state index contributed by atoms with van der Waals surface area (Å²) in [5, 5.41) is 5.30. The average Bonchev–Trinajstić information content (AvgIpc) is 2.70. The molecule has 160 valence electrons. The SMILES string of the molecule is CC(=O)Nc1ccc(OCCOC(=O)OCCOc2ccc(NC(C)=O)cc2)cc1. The van der Waals surface area contributed by atoms with Gasteiger partial charge in [-0.1, -0.05) is 0 Å². The number of carbonyl (C=O) groups is 3. The number of benzene rings is 2. The Balaban J connectivity index is 1.55. The van der Waals surface area contributed by atoms with Gasteiger partial charge in [0.05, 0.1) is 0 Å². The molecule has 2 aromatic carbocycles. The van der Waals surface area contributed by atoms with Crippen LogP contribution in [-0.2, 0) is 19.1 Å². The molecule has 2 rings (SSSR count). The Labute approximate surface area is 174 Å². The summed E-state index contributed by atoms with van der Waals surface area (Å²) in [6, 6.07) is 13.6. The first kappa shape index (κ1) is 22.5. The number of carbonyl (C=O) groups excluding carboxylic acids is 3. The monoisotopic (exact) mass is 416 g/mol. The van der Waals surface area contributed by atoms with Crippen LogP contribution in [0.3, 0.4) is 0 Å². The maximum atomic E-state index is 11.5. The van der Waals surface area contributed by atoms with Crippen LogP contribution in [0.15, 0.2) is 48.5 Å². The van der Waals surface area contributed by atoms with Crippen LogP contribution in [0.25, 0.3) is 0 Å². The molecule has 0 unspecified atom stereocenters. The minimum atomic E-state index is -0.816. The molecule has 2 amide bonds. The first-order chi connectivity index (χ1) is 14.4. The molecule has 0 atom stereocenters. The summed E-state index contributed by atoms with van der Waals surface area (Å²) in [5.41, 5.74) is 1.33. The zero-order chi connectivity index (χ0) is 21.8. The molecule has 0 aliphatic heterocycles. The highest BCUT2D eigenvalue weighted by Crippen LogP contribution is 2.16. The van der Waals surface area contributed by atoms with E-state index in [4.69, 9.17) is 18.9 Å². The third-order valence-electron chi connectivity index (χ3n) is 3.49. The fraction of sp³-hybridized carbons (Fsp3) is 0.286. The van der Waals surface area contributed by atoms with E-state index in [9.17, 15) is 14.4 Å². The molecule has 9 nitrogen and oxygen atoms in total. The molecule has 9 heteroatoms. The standard InChI is InChI=1S/C21H24N2O7/c1-15(24)22-17-3-7-19(8-4-17)27-11-13-29-21(26)30-14-12-28-20-9-5-18(6-10-20)23-16(2)25/h3-10H,11-14H2,1-2H3,(H,22,24)(H,23,25). The van der Waals surface area contributed by atoms with Gasteiger partial charge >= 0.3 is 6.16 Å². The summed E-state index contributed by atoms with van der Waals surface area (Å²) in [7, 11) is 0. The summed E-state index contributed by atoms with van der Waals surface area (Å²) in [5.74, 6) is 0.861. The van der Waals surface area contributed by atoms with Crippen molar-refractivity contribution in [3.63, 3.8) is 0 Å². The van der Waals surface area contributed by atoms with Gasteiger partial charge in [0.2, 0.25) is 11.8 Å². The first-order valence-electron chi connectivity index (χ1n) is 9.23. The molecule has 2 aromatic rings. The maximum Gasteiger partial charge on any atom is 0.508 e. The molecule has 2 N–H and O–H groups in total. The van der Waals surface area contributed by atoms with Crippen molar-refractivity contribution in [1.82, 2.24) is 0 Å². The minimum Gasteiger partial charge on any atom is -0.490 e. The van der Waals surface area contributed by atoms with E-state index in [1.54, 1.807) is 48.5 Å². The number of hydrogen-bond donors (Lipinski definition) is 2. The summed E-state index contributed by atoms with van der Waals surface area (Å²) < 4.78 is 20.7. The lowest BCUT2D eigenvalue weighted by Gasteiger charge is -2.10. The molecule has 0 aliphatic carbocycles. The van der Waals surface area contributed by atoms with Gasteiger partial charge in [-0.05, 0) is 48.5 Å². The van der Waals surface area contributed by atoms with E-state index < -0.39 is 6.16 Å². The molecule has 0 spiro atoms. The van der Waals surface area contributed by atoms with Crippen molar-refractivity contribution in [3.8, 4) is 11.5 Å². The molecular weight excluding hydrogens is 392 g/mol. The lowest BCUT2D eigenvalue weighted by atomic mass is 10.3. The van der Waals surface area contributed by atoms with Crippen molar-refractivity contribution in [2.75, 3.05) is 37.1 Å². The topological polar surface area (TPSA) is 112 Å². The van der Waals surface area contributed by atoms with Crippen LogP contribution in [0, 0.1) is 0 Å². The number of rotatable bonds is 10. The molecule has 0 radical (unpaired) electrons. The van der Waals surface area contributed by atoms with E-state index in [-0.39, 0.29) is 38.2 Å². The van der Waals surface area contributed by atoms with Gasteiger partial charge in [0.1, 0.15) is 37.9 Å². The Hall–Kier alpha value is -3.75. The van der Waals surface area contributed by atoms with Crippen molar-refractivity contribution >= 4 is 29.3 Å². The Morgan fingerprint density at radius 2 is 1.00 bits per heavy atom. The minimum absolute atomic E-state index is 0.0255. The molecular formula is C21H24N2O7. The van der Waals surface area contributed by atoms with Gasteiger partial charge in [0, 0.05) is 25.2 Å². The first-order valence-corrected chi connectivity index (χ1v) is 9.23.